The minimum absolute atomic E-state index is 0.0413. The molecule has 18 heavy (non-hydrogen) atoms. The van der Waals surface area contributed by atoms with Crippen molar-refractivity contribution in [2.75, 3.05) is 38.2 Å². The molecule has 108 valence electrons. The van der Waals surface area contributed by atoms with Gasteiger partial charge >= 0.3 is 0 Å². The fourth-order valence-electron chi connectivity index (χ4n) is 2.96. The molecule has 1 rings (SSSR count). The number of hydrogen-bond donors (Lipinski definition) is 1. The molecule has 0 bridgehead atoms. The lowest BCUT2D eigenvalue weighted by molar-refractivity contribution is 0.141. The van der Waals surface area contributed by atoms with Gasteiger partial charge in [-0.05, 0) is 25.2 Å². The Morgan fingerprint density at radius 3 is 2.33 bits per heavy atom. The van der Waals surface area contributed by atoms with Crippen LogP contribution in [-0.2, 0) is 9.84 Å². The lowest BCUT2D eigenvalue weighted by atomic mass is 9.92. The van der Waals surface area contributed by atoms with Gasteiger partial charge in [0.1, 0.15) is 9.84 Å². The quantitative estimate of drug-likeness (QED) is 0.786. The van der Waals surface area contributed by atoms with E-state index in [-0.39, 0.29) is 11.8 Å². The first-order valence-electron chi connectivity index (χ1n) is 6.89. The second-order valence-electron chi connectivity index (χ2n) is 6.15. The van der Waals surface area contributed by atoms with Crippen molar-refractivity contribution in [3.05, 3.63) is 0 Å². The monoisotopic (exact) mass is 276 g/mol. The molecule has 1 aliphatic heterocycles. The molecule has 1 saturated heterocycles. The zero-order chi connectivity index (χ0) is 13.8. The van der Waals surface area contributed by atoms with E-state index in [0.29, 0.717) is 0 Å². The van der Waals surface area contributed by atoms with Gasteiger partial charge in [0.2, 0.25) is 0 Å². The number of rotatable bonds is 6. The van der Waals surface area contributed by atoms with Crippen LogP contribution in [0.25, 0.3) is 0 Å². The van der Waals surface area contributed by atoms with Gasteiger partial charge in [0.15, 0.2) is 0 Å². The molecule has 3 atom stereocenters. The standard InChI is InChI=1S/C13H28N2O2S/c1-11-7-12(2)9-15(8-11)6-5-14-13(3)10-18(4,16)17/h11-14H,5-10H2,1-4H3/t11-,12+,13-/m0/s1. The Balaban J connectivity index is 2.21. The predicted molar refractivity (Wildman–Crippen MR) is 76.6 cm³/mol. The number of hydrogen-bond acceptors (Lipinski definition) is 4. The average Bonchev–Trinajstić information content (AvgIpc) is 2.12. The molecule has 0 amide bonds. The molecule has 1 aliphatic rings. The van der Waals surface area contributed by atoms with Crippen LogP contribution in [0.5, 0.6) is 0 Å². The third-order valence-corrected chi connectivity index (χ3v) is 4.52. The Kier molecular flexibility index (Phi) is 6.08. The van der Waals surface area contributed by atoms with Crippen molar-refractivity contribution < 1.29 is 8.42 Å². The van der Waals surface area contributed by atoms with E-state index in [9.17, 15) is 8.42 Å². The minimum Gasteiger partial charge on any atom is -0.312 e. The molecular formula is C13H28N2O2S. The summed E-state index contributed by atoms with van der Waals surface area (Å²) < 4.78 is 22.3. The Morgan fingerprint density at radius 1 is 1.28 bits per heavy atom. The first-order valence-corrected chi connectivity index (χ1v) is 8.95. The SMILES string of the molecule is C[C@@H]1C[C@H](C)CN(CCN[C@@H](C)CS(C)(=O)=O)C1. The highest BCUT2D eigenvalue weighted by molar-refractivity contribution is 7.90. The summed E-state index contributed by atoms with van der Waals surface area (Å²) in [6.45, 7) is 10.8. The van der Waals surface area contributed by atoms with Gasteiger partial charge in [-0.2, -0.15) is 0 Å². The lowest BCUT2D eigenvalue weighted by Crippen LogP contribution is -2.44. The maximum absolute atomic E-state index is 11.1. The summed E-state index contributed by atoms with van der Waals surface area (Å²) in [4.78, 5) is 2.49. The smallest absolute Gasteiger partial charge is 0.148 e. The van der Waals surface area contributed by atoms with Gasteiger partial charge in [-0.25, -0.2) is 8.42 Å². The van der Waals surface area contributed by atoms with Crippen molar-refractivity contribution in [3.63, 3.8) is 0 Å². The molecule has 0 radical (unpaired) electrons. The summed E-state index contributed by atoms with van der Waals surface area (Å²) in [5.41, 5.74) is 0. The van der Waals surface area contributed by atoms with Crippen molar-refractivity contribution in [2.45, 2.75) is 33.2 Å². The summed E-state index contributed by atoms with van der Waals surface area (Å²) in [5.74, 6) is 1.78. The molecule has 4 nitrogen and oxygen atoms in total. The van der Waals surface area contributed by atoms with E-state index in [2.05, 4.69) is 24.1 Å². The number of likely N-dealkylation sites (tertiary alicyclic amines) is 1. The Morgan fingerprint density at radius 2 is 1.83 bits per heavy atom. The summed E-state index contributed by atoms with van der Waals surface area (Å²) >= 11 is 0. The topological polar surface area (TPSA) is 49.4 Å². The molecule has 5 heteroatoms. The molecule has 0 unspecified atom stereocenters. The van der Waals surface area contributed by atoms with Crippen LogP contribution >= 0.6 is 0 Å². The fourth-order valence-corrected chi connectivity index (χ4v) is 3.98. The molecule has 0 aromatic carbocycles. The number of piperidine rings is 1. The first-order chi connectivity index (χ1) is 8.26. The van der Waals surface area contributed by atoms with E-state index in [1.165, 1.54) is 25.8 Å². The molecule has 0 aromatic heterocycles. The van der Waals surface area contributed by atoms with E-state index in [1.54, 1.807) is 0 Å². The van der Waals surface area contributed by atoms with Gasteiger partial charge in [0.05, 0.1) is 5.75 Å². The van der Waals surface area contributed by atoms with Crippen LogP contribution in [0.4, 0.5) is 0 Å². The van der Waals surface area contributed by atoms with Crippen molar-refractivity contribution in [3.8, 4) is 0 Å². The van der Waals surface area contributed by atoms with Crippen molar-refractivity contribution >= 4 is 9.84 Å². The number of nitrogens with zero attached hydrogens (tertiary/aromatic N) is 1. The van der Waals surface area contributed by atoms with E-state index in [1.807, 2.05) is 6.92 Å². The lowest BCUT2D eigenvalue weighted by Gasteiger charge is -2.35. The van der Waals surface area contributed by atoms with Gasteiger partial charge in [-0.15, -0.1) is 0 Å². The van der Waals surface area contributed by atoms with Gasteiger partial charge < -0.3 is 10.2 Å². The van der Waals surface area contributed by atoms with Gasteiger partial charge in [0, 0.05) is 38.5 Å². The molecule has 1 fully saturated rings. The van der Waals surface area contributed by atoms with Crippen molar-refractivity contribution in [1.82, 2.24) is 10.2 Å². The summed E-state index contributed by atoms with van der Waals surface area (Å²) in [7, 11) is -2.87. The summed E-state index contributed by atoms with van der Waals surface area (Å²) in [6, 6.07) is 0.0413. The fraction of sp³-hybridized carbons (Fsp3) is 1.00. The van der Waals surface area contributed by atoms with Gasteiger partial charge in [0.25, 0.3) is 0 Å². The zero-order valence-corrected chi connectivity index (χ0v) is 13.0. The van der Waals surface area contributed by atoms with Crippen LogP contribution in [0, 0.1) is 11.8 Å². The van der Waals surface area contributed by atoms with Crippen LogP contribution in [-0.4, -0.2) is 57.5 Å². The number of nitrogens with one attached hydrogen (secondary N) is 1. The average molecular weight is 276 g/mol. The molecule has 1 heterocycles. The van der Waals surface area contributed by atoms with Crippen LogP contribution in [0.1, 0.15) is 27.2 Å². The molecule has 0 saturated carbocycles. The zero-order valence-electron chi connectivity index (χ0n) is 12.1. The van der Waals surface area contributed by atoms with E-state index >= 15 is 0 Å². The molecule has 0 aliphatic carbocycles. The maximum atomic E-state index is 11.1. The Labute approximate surface area is 112 Å². The second kappa shape index (κ2) is 6.87. The van der Waals surface area contributed by atoms with Crippen LogP contribution < -0.4 is 5.32 Å². The van der Waals surface area contributed by atoms with Gasteiger partial charge in [-0.3, -0.25) is 0 Å². The van der Waals surface area contributed by atoms with E-state index < -0.39 is 9.84 Å². The van der Waals surface area contributed by atoms with E-state index in [4.69, 9.17) is 0 Å². The Hall–Kier alpha value is -0.130. The molecule has 0 spiro atoms. The maximum Gasteiger partial charge on any atom is 0.148 e. The highest BCUT2D eigenvalue weighted by Crippen LogP contribution is 2.20. The Bertz CT molecular complexity index is 333. The highest BCUT2D eigenvalue weighted by Gasteiger charge is 2.21. The predicted octanol–water partition coefficient (Wildman–Crippen LogP) is 0.987. The van der Waals surface area contributed by atoms with Gasteiger partial charge in [-0.1, -0.05) is 13.8 Å². The normalized spacial score (nSPS) is 28.2. The highest BCUT2D eigenvalue weighted by atomic mass is 32.2. The third-order valence-electron chi connectivity index (χ3n) is 3.42. The summed E-state index contributed by atoms with van der Waals surface area (Å²) in [6.07, 6.45) is 2.62. The van der Waals surface area contributed by atoms with Crippen molar-refractivity contribution in [2.24, 2.45) is 11.8 Å². The molecule has 0 aromatic rings. The molecular weight excluding hydrogens is 248 g/mol. The number of sulfone groups is 1. The van der Waals surface area contributed by atoms with Crippen LogP contribution in [0.3, 0.4) is 0 Å². The largest absolute Gasteiger partial charge is 0.312 e. The summed E-state index contributed by atoms with van der Waals surface area (Å²) in [5, 5.41) is 3.30. The van der Waals surface area contributed by atoms with Crippen molar-refractivity contribution in [1.29, 1.82) is 0 Å². The first kappa shape index (κ1) is 15.9. The van der Waals surface area contributed by atoms with Crippen LogP contribution in [0.2, 0.25) is 0 Å². The van der Waals surface area contributed by atoms with Crippen LogP contribution in [0.15, 0.2) is 0 Å². The molecule has 1 N–H and O–H groups in total. The second-order valence-corrected chi connectivity index (χ2v) is 8.34. The third kappa shape index (κ3) is 6.71. The van der Waals surface area contributed by atoms with E-state index in [0.717, 1.165) is 24.9 Å². The minimum atomic E-state index is -2.87.